The van der Waals surface area contributed by atoms with Crippen molar-refractivity contribution < 1.29 is 24.2 Å². The van der Waals surface area contributed by atoms with Crippen molar-refractivity contribution in [1.82, 2.24) is 0 Å². The number of carbonyl (C=O) groups excluding carboxylic acids is 1. The zero-order chi connectivity index (χ0) is 32.2. The van der Waals surface area contributed by atoms with Crippen LogP contribution >= 0.6 is 0 Å². The van der Waals surface area contributed by atoms with Crippen LogP contribution in [0.15, 0.2) is 11.6 Å². The van der Waals surface area contributed by atoms with Crippen molar-refractivity contribution >= 4 is 14.3 Å². The Bertz CT molecular complexity index is 1150. The lowest BCUT2D eigenvalue weighted by molar-refractivity contribution is -0.226. The van der Waals surface area contributed by atoms with E-state index in [1.165, 1.54) is 12.7 Å². The molecule has 10 atom stereocenters. The molecule has 0 spiro atoms. The molecule has 4 fully saturated rings. The summed E-state index contributed by atoms with van der Waals surface area (Å²) in [7, 11) is -0.481. The average Bonchev–Trinajstić information content (AvgIpc) is 2.89. The van der Waals surface area contributed by atoms with E-state index < -0.39 is 19.8 Å². The van der Waals surface area contributed by atoms with Gasteiger partial charge in [0.1, 0.15) is 5.41 Å². The van der Waals surface area contributed by atoms with Crippen molar-refractivity contribution in [2.45, 2.75) is 150 Å². The lowest BCUT2D eigenvalue weighted by Crippen LogP contribution is -2.68. The second-order valence-corrected chi connectivity index (χ2v) is 23.9. The van der Waals surface area contributed by atoms with Gasteiger partial charge in [0.15, 0.2) is 8.32 Å². The molecule has 5 aliphatic rings. The summed E-state index contributed by atoms with van der Waals surface area (Å²) in [5.74, 6) is 0.616. The topological polar surface area (TPSA) is 76.0 Å². The van der Waals surface area contributed by atoms with Crippen LogP contribution in [0.5, 0.6) is 0 Å². The number of methoxy groups -OCH3 is 1. The minimum absolute atomic E-state index is 0.00330. The quantitative estimate of drug-likeness (QED) is 0.189. The molecule has 0 aromatic heterocycles. The number of rotatable bonds is 4. The molecule has 5 aliphatic carbocycles. The molecule has 6 heteroatoms. The van der Waals surface area contributed by atoms with E-state index in [1.54, 1.807) is 0 Å². The summed E-state index contributed by atoms with van der Waals surface area (Å²) in [5.41, 5.74) is 0.295. The zero-order valence-electron chi connectivity index (χ0n) is 29.7. The molecule has 0 bridgehead atoms. The summed E-state index contributed by atoms with van der Waals surface area (Å²) < 4.78 is 12.4. The number of hydrogen-bond donors (Lipinski definition) is 2. The van der Waals surface area contributed by atoms with Gasteiger partial charge in [-0.25, -0.2) is 0 Å². The highest BCUT2D eigenvalue weighted by Gasteiger charge is 2.71. The normalized spacial score (nSPS) is 47.8. The van der Waals surface area contributed by atoms with Crippen LogP contribution in [-0.4, -0.2) is 50.4 Å². The molecule has 5 rings (SSSR count). The predicted molar refractivity (Wildman–Crippen MR) is 176 cm³/mol. The lowest BCUT2D eigenvalue weighted by atomic mass is 9.33. The molecular weight excluding hydrogens is 552 g/mol. The third-order valence-corrected chi connectivity index (χ3v) is 20.1. The molecule has 4 saturated carbocycles. The smallest absolute Gasteiger partial charge is 0.315 e. The first-order valence-electron chi connectivity index (χ1n) is 17.3. The molecule has 43 heavy (non-hydrogen) atoms. The molecule has 0 aliphatic heterocycles. The number of carbonyl (C=O) groups is 1. The maximum atomic E-state index is 13.6. The molecule has 0 saturated heterocycles. The van der Waals surface area contributed by atoms with Gasteiger partial charge in [0.2, 0.25) is 0 Å². The molecule has 0 radical (unpaired) electrons. The predicted octanol–water partition coefficient (Wildman–Crippen LogP) is 8.29. The summed E-state index contributed by atoms with van der Waals surface area (Å²) in [5, 5.41) is 23.9. The van der Waals surface area contributed by atoms with E-state index >= 15 is 0 Å². The standard InChI is InChI=1S/C37H64O5Si/c1-31(2,3)43(11,12)42-23-34(7)26-15-18-35(8)27(33(26,6)17-16-28(34)38)14-13-24-25-21-32(4,5)19-20-37(25,30(40)41-10)29(39)22-36(24,35)9/h13,25-29,38-39H,14-23H2,1-12H3/t25-,26+,27+,28-,29+,33-,34-,35+,36+,37+/m0/s1. The minimum atomic E-state index is -1.97. The van der Waals surface area contributed by atoms with Crippen molar-refractivity contribution in [3.8, 4) is 0 Å². The Morgan fingerprint density at radius 3 is 2.19 bits per heavy atom. The monoisotopic (exact) mass is 616 g/mol. The van der Waals surface area contributed by atoms with Crippen molar-refractivity contribution in [1.29, 1.82) is 0 Å². The third kappa shape index (κ3) is 4.56. The summed E-state index contributed by atoms with van der Waals surface area (Å²) in [4.78, 5) is 13.6. The Kier molecular flexibility index (Phi) is 7.95. The number of fused-ring (bicyclic) bond motifs is 7. The van der Waals surface area contributed by atoms with Crippen LogP contribution in [0, 0.1) is 50.2 Å². The van der Waals surface area contributed by atoms with Gasteiger partial charge in [0.25, 0.3) is 0 Å². The number of hydrogen-bond acceptors (Lipinski definition) is 5. The Morgan fingerprint density at radius 1 is 0.930 bits per heavy atom. The van der Waals surface area contributed by atoms with E-state index in [-0.39, 0.29) is 50.1 Å². The van der Waals surface area contributed by atoms with Crippen molar-refractivity contribution in [2.24, 2.45) is 50.2 Å². The SMILES string of the molecule is COC(=O)[C@]12CCC(C)(C)C[C@H]1C1=CC[C@@H]3[C@@]4(C)CC[C@H](O)[C@@](C)(CO[Si](C)(C)C(C)(C)C)[C@@H]4CC[C@@]3(C)[C@]1(C)C[C@H]2O. The Labute approximate surface area is 264 Å². The van der Waals surface area contributed by atoms with Crippen molar-refractivity contribution in [3.63, 3.8) is 0 Å². The van der Waals surface area contributed by atoms with Gasteiger partial charge in [0, 0.05) is 12.0 Å². The van der Waals surface area contributed by atoms with Gasteiger partial charge in [-0.15, -0.1) is 0 Å². The van der Waals surface area contributed by atoms with Gasteiger partial charge < -0.3 is 19.4 Å². The van der Waals surface area contributed by atoms with Crippen LogP contribution in [0.3, 0.4) is 0 Å². The number of esters is 1. The zero-order valence-corrected chi connectivity index (χ0v) is 30.7. The fraction of sp³-hybridized carbons (Fsp3) is 0.919. The average molecular weight is 617 g/mol. The van der Waals surface area contributed by atoms with Crippen LogP contribution in [0.4, 0.5) is 0 Å². The summed E-state index contributed by atoms with van der Waals surface area (Å²) >= 11 is 0. The van der Waals surface area contributed by atoms with E-state index in [4.69, 9.17) is 9.16 Å². The molecule has 0 amide bonds. The molecular formula is C37H64O5Si. The van der Waals surface area contributed by atoms with Gasteiger partial charge in [-0.1, -0.05) is 74.0 Å². The molecule has 0 unspecified atom stereocenters. The first-order valence-corrected chi connectivity index (χ1v) is 20.3. The Balaban J connectivity index is 1.55. The van der Waals surface area contributed by atoms with Crippen LogP contribution in [-0.2, 0) is 14.0 Å². The molecule has 2 N–H and O–H groups in total. The van der Waals surface area contributed by atoms with Gasteiger partial charge in [0.05, 0.1) is 19.3 Å². The molecule has 0 heterocycles. The van der Waals surface area contributed by atoms with E-state index in [0.29, 0.717) is 31.3 Å². The summed E-state index contributed by atoms with van der Waals surface area (Å²) in [6.07, 6.45) is 9.60. The largest absolute Gasteiger partial charge is 0.468 e. The first-order chi connectivity index (χ1) is 19.6. The second kappa shape index (κ2) is 10.2. The van der Waals surface area contributed by atoms with Gasteiger partial charge in [-0.05, 0) is 115 Å². The van der Waals surface area contributed by atoms with Crippen LogP contribution in [0.1, 0.15) is 120 Å². The summed E-state index contributed by atoms with van der Waals surface area (Å²) in [6.45, 7) is 26.6. The first kappa shape index (κ1) is 33.7. The Hall–Kier alpha value is -0.693. The van der Waals surface area contributed by atoms with E-state index in [9.17, 15) is 15.0 Å². The second-order valence-electron chi connectivity index (χ2n) is 19.1. The van der Waals surface area contributed by atoms with Crippen molar-refractivity contribution in [3.05, 3.63) is 11.6 Å². The minimum Gasteiger partial charge on any atom is -0.468 e. The van der Waals surface area contributed by atoms with Crippen LogP contribution in [0.25, 0.3) is 0 Å². The molecule has 0 aromatic rings. The van der Waals surface area contributed by atoms with Crippen LogP contribution in [0.2, 0.25) is 18.1 Å². The highest BCUT2D eigenvalue weighted by molar-refractivity contribution is 6.74. The number of aliphatic hydroxyl groups is 2. The third-order valence-electron chi connectivity index (χ3n) is 15.6. The van der Waals surface area contributed by atoms with Gasteiger partial charge in [-0.2, -0.15) is 0 Å². The van der Waals surface area contributed by atoms with Gasteiger partial charge in [-0.3, -0.25) is 4.79 Å². The van der Waals surface area contributed by atoms with E-state index in [2.05, 4.69) is 81.5 Å². The number of ether oxygens (including phenoxy) is 1. The highest BCUT2D eigenvalue weighted by atomic mass is 28.4. The number of aliphatic hydroxyl groups excluding tert-OH is 2. The molecule has 5 nitrogen and oxygen atoms in total. The molecule has 0 aromatic carbocycles. The van der Waals surface area contributed by atoms with E-state index in [1.807, 2.05) is 0 Å². The fourth-order valence-corrected chi connectivity index (χ4v) is 12.6. The fourth-order valence-electron chi connectivity index (χ4n) is 11.5. The summed E-state index contributed by atoms with van der Waals surface area (Å²) in [6, 6.07) is 0. The Morgan fingerprint density at radius 2 is 1.58 bits per heavy atom. The van der Waals surface area contributed by atoms with Crippen molar-refractivity contribution in [2.75, 3.05) is 13.7 Å². The number of allylic oxidation sites excluding steroid dienone is 2. The maximum absolute atomic E-state index is 13.6. The lowest BCUT2D eigenvalue weighted by Gasteiger charge is -2.71. The molecule has 246 valence electrons. The highest BCUT2D eigenvalue weighted by Crippen LogP contribution is 2.76. The van der Waals surface area contributed by atoms with E-state index in [0.717, 1.165) is 44.9 Å². The van der Waals surface area contributed by atoms with Crippen LogP contribution < -0.4 is 0 Å². The van der Waals surface area contributed by atoms with Gasteiger partial charge >= 0.3 is 5.97 Å². The maximum Gasteiger partial charge on any atom is 0.315 e.